The SMILES string of the molecule is O=C(NCC1OCC(NCc2ccncc2)C1O)c1cccs1. The Kier molecular flexibility index (Phi) is 5.35. The monoisotopic (exact) mass is 333 g/mol. The molecule has 122 valence electrons. The molecule has 23 heavy (non-hydrogen) atoms. The predicted octanol–water partition coefficient (Wildman–Crippen LogP) is 0.791. The third-order valence-electron chi connectivity index (χ3n) is 3.81. The highest BCUT2D eigenvalue weighted by Crippen LogP contribution is 2.15. The number of ether oxygens (including phenoxy) is 1. The van der Waals surface area contributed by atoms with E-state index >= 15 is 0 Å². The Balaban J connectivity index is 1.45. The summed E-state index contributed by atoms with van der Waals surface area (Å²) < 4.78 is 5.60. The molecule has 6 nitrogen and oxygen atoms in total. The first-order valence-corrected chi connectivity index (χ1v) is 8.35. The lowest BCUT2D eigenvalue weighted by Crippen LogP contribution is -2.44. The maximum atomic E-state index is 11.9. The first-order chi connectivity index (χ1) is 11.2. The van der Waals surface area contributed by atoms with Crippen molar-refractivity contribution in [1.82, 2.24) is 15.6 Å². The maximum absolute atomic E-state index is 11.9. The van der Waals surface area contributed by atoms with Gasteiger partial charge in [0.15, 0.2) is 0 Å². The fourth-order valence-corrected chi connectivity index (χ4v) is 3.12. The van der Waals surface area contributed by atoms with Crippen molar-refractivity contribution < 1.29 is 14.6 Å². The van der Waals surface area contributed by atoms with E-state index in [1.807, 2.05) is 23.6 Å². The minimum absolute atomic E-state index is 0.135. The van der Waals surface area contributed by atoms with Gasteiger partial charge in [-0.2, -0.15) is 0 Å². The lowest BCUT2D eigenvalue weighted by molar-refractivity contribution is 0.0399. The molecule has 0 saturated carbocycles. The molecular formula is C16H19N3O3S. The van der Waals surface area contributed by atoms with Gasteiger partial charge >= 0.3 is 0 Å². The van der Waals surface area contributed by atoms with E-state index in [1.54, 1.807) is 18.5 Å². The van der Waals surface area contributed by atoms with Gasteiger partial charge < -0.3 is 20.5 Å². The first kappa shape index (κ1) is 16.1. The number of pyridine rings is 1. The van der Waals surface area contributed by atoms with Crippen LogP contribution in [0.4, 0.5) is 0 Å². The highest BCUT2D eigenvalue weighted by Gasteiger charge is 2.35. The smallest absolute Gasteiger partial charge is 0.261 e. The Morgan fingerprint density at radius 2 is 2.22 bits per heavy atom. The Morgan fingerprint density at radius 3 is 2.96 bits per heavy atom. The van der Waals surface area contributed by atoms with Gasteiger partial charge in [-0.25, -0.2) is 0 Å². The zero-order chi connectivity index (χ0) is 16.1. The average Bonchev–Trinajstić information content (AvgIpc) is 3.22. The van der Waals surface area contributed by atoms with Gasteiger partial charge in [0.1, 0.15) is 6.10 Å². The molecule has 2 aromatic rings. The number of hydrogen-bond donors (Lipinski definition) is 3. The average molecular weight is 333 g/mol. The molecule has 3 N–H and O–H groups in total. The topological polar surface area (TPSA) is 83.5 Å². The molecule has 0 aromatic carbocycles. The quantitative estimate of drug-likeness (QED) is 0.728. The number of aromatic nitrogens is 1. The summed E-state index contributed by atoms with van der Waals surface area (Å²) in [4.78, 5) is 16.5. The van der Waals surface area contributed by atoms with Gasteiger partial charge in [-0.05, 0) is 29.1 Å². The van der Waals surface area contributed by atoms with Crippen LogP contribution in [0.2, 0.25) is 0 Å². The van der Waals surface area contributed by atoms with E-state index in [2.05, 4.69) is 15.6 Å². The predicted molar refractivity (Wildman–Crippen MR) is 87.3 cm³/mol. The van der Waals surface area contributed by atoms with E-state index in [4.69, 9.17) is 4.74 Å². The van der Waals surface area contributed by atoms with E-state index in [0.29, 0.717) is 24.6 Å². The van der Waals surface area contributed by atoms with Crippen LogP contribution < -0.4 is 10.6 Å². The Labute approximate surface area is 138 Å². The van der Waals surface area contributed by atoms with Gasteiger partial charge in [0.05, 0.1) is 23.6 Å². The fourth-order valence-electron chi connectivity index (χ4n) is 2.48. The first-order valence-electron chi connectivity index (χ1n) is 7.47. The van der Waals surface area contributed by atoms with Crippen LogP contribution in [0, 0.1) is 0 Å². The van der Waals surface area contributed by atoms with Crippen LogP contribution in [-0.2, 0) is 11.3 Å². The Bertz CT molecular complexity index is 621. The molecule has 1 aliphatic rings. The third-order valence-corrected chi connectivity index (χ3v) is 4.68. The minimum atomic E-state index is -0.652. The summed E-state index contributed by atoms with van der Waals surface area (Å²) in [7, 11) is 0. The molecule has 0 bridgehead atoms. The summed E-state index contributed by atoms with van der Waals surface area (Å²) in [5.74, 6) is -0.135. The molecule has 2 aromatic heterocycles. The maximum Gasteiger partial charge on any atom is 0.261 e. The van der Waals surface area contributed by atoms with Crippen molar-refractivity contribution in [1.29, 1.82) is 0 Å². The molecular weight excluding hydrogens is 314 g/mol. The fraction of sp³-hybridized carbons (Fsp3) is 0.375. The summed E-state index contributed by atoms with van der Waals surface area (Å²) in [6.45, 7) is 1.36. The Morgan fingerprint density at radius 1 is 1.39 bits per heavy atom. The van der Waals surface area contributed by atoms with Gasteiger partial charge in [-0.15, -0.1) is 11.3 Å². The standard InChI is InChI=1S/C16H19N3O3S/c20-15-12(18-8-11-3-5-17-6-4-11)10-22-13(15)9-19-16(21)14-2-1-7-23-14/h1-7,12-13,15,18,20H,8-10H2,(H,19,21). The number of nitrogens with zero attached hydrogens (tertiary/aromatic N) is 1. The number of carbonyl (C=O) groups excluding carboxylic acids is 1. The molecule has 0 aliphatic carbocycles. The lowest BCUT2D eigenvalue weighted by atomic mass is 10.1. The van der Waals surface area contributed by atoms with Crippen molar-refractivity contribution in [3.8, 4) is 0 Å². The van der Waals surface area contributed by atoms with Crippen LogP contribution in [0.1, 0.15) is 15.2 Å². The lowest BCUT2D eigenvalue weighted by Gasteiger charge is -2.18. The summed E-state index contributed by atoms with van der Waals surface area (Å²) in [5, 5.41) is 18.3. The van der Waals surface area contributed by atoms with E-state index < -0.39 is 12.2 Å². The third kappa shape index (κ3) is 4.14. The van der Waals surface area contributed by atoms with Crippen molar-refractivity contribution in [2.75, 3.05) is 13.2 Å². The zero-order valence-electron chi connectivity index (χ0n) is 12.5. The summed E-state index contributed by atoms with van der Waals surface area (Å²) in [6, 6.07) is 7.30. The molecule has 0 spiro atoms. The molecule has 1 saturated heterocycles. The van der Waals surface area contributed by atoms with Crippen molar-refractivity contribution in [3.63, 3.8) is 0 Å². The molecule has 3 unspecified atom stereocenters. The van der Waals surface area contributed by atoms with Crippen LogP contribution in [0.25, 0.3) is 0 Å². The molecule has 0 radical (unpaired) electrons. The number of thiophene rings is 1. The largest absolute Gasteiger partial charge is 0.389 e. The highest BCUT2D eigenvalue weighted by molar-refractivity contribution is 7.12. The van der Waals surface area contributed by atoms with E-state index in [0.717, 1.165) is 5.56 Å². The van der Waals surface area contributed by atoms with Crippen LogP contribution in [0.5, 0.6) is 0 Å². The number of hydrogen-bond acceptors (Lipinski definition) is 6. The second-order valence-electron chi connectivity index (χ2n) is 5.39. The number of amides is 1. The van der Waals surface area contributed by atoms with Gasteiger partial charge in [0, 0.05) is 25.5 Å². The van der Waals surface area contributed by atoms with Gasteiger partial charge in [-0.1, -0.05) is 6.07 Å². The normalized spacial score (nSPS) is 23.8. The summed E-state index contributed by atoms with van der Waals surface area (Å²) in [6.07, 6.45) is 2.43. The Hall–Kier alpha value is -1.80. The second-order valence-corrected chi connectivity index (χ2v) is 6.34. The van der Waals surface area contributed by atoms with Gasteiger partial charge in [0.25, 0.3) is 5.91 Å². The molecule has 1 amide bonds. The molecule has 1 fully saturated rings. The van der Waals surface area contributed by atoms with E-state index in [-0.39, 0.29) is 11.9 Å². The van der Waals surface area contributed by atoms with Crippen LogP contribution in [0.3, 0.4) is 0 Å². The van der Waals surface area contributed by atoms with E-state index in [9.17, 15) is 9.90 Å². The van der Waals surface area contributed by atoms with Crippen molar-refractivity contribution in [2.24, 2.45) is 0 Å². The highest BCUT2D eigenvalue weighted by atomic mass is 32.1. The van der Waals surface area contributed by atoms with Crippen molar-refractivity contribution in [2.45, 2.75) is 24.8 Å². The summed E-state index contributed by atoms with van der Waals surface area (Å²) in [5.41, 5.74) is 1.10. The zero-order valence-corrected chi connectivity index (χ0v) is 13.3. The number of nitrogens with one attached hydrogen (secondary N) is 2. The van der Waals surface area contributed by atoms with Crippen LogP contribution in [-0.4, -0.2) is 47.4 Å². The van der Waals surface area contributed by atoms with Gasteiger partial charge in [-0.3, -0.25) is 9.78 Å². The second kappa shape index (κ2) is 7.65. The van der Waals surface area contributed by atoms with Crippen molar-refractivity contribution in [3.05, 3.63) is 52.5 Å². The molecule has 1 aliphatic heterocycles. The number of carbonyl (C=O) groups is 1. The van der Waals surface area contributed by atoms with Crippen LogP contribution >= 0.6 is 11.3 Å². The van der Waals surface area contributed by atoms with Gasteiger partial charge in [0.2, 0.25) is 0 Å². The van der Waals surface area contributed by atoms with Crippen molar-refractivity contribution >= 4 is 17.2 Å². The number of rotatable bonds is 6. The minimum Gasteiger partial charge on any atom is -0.389 e. The van der Waals surface area contributed by atoms with E-state index in [1.165, 1.54) is 11.3 Å². The molecule has 7 heteroatoms. The number of aliphatic hydroxyl groups is 1. The number of aliphatic hydroxyl groups excluding tert-OH is 1. The summed E-state index contributed by atoms with van der Waals surface area (Å²) >= 11 is 1.39. The van der Waals surface area contributed by atoms with Crippen LogP contribution in [0.15, 0.2) is 42.0 Å². The molecule has 3 heterocycles. The molecule has 3 rings (SSSR count). The molecule has 3 atom stereocenters.